The molecule has 3 aromatic rings. The quantitative estimate of drug-likeness (QED) is 0.705. The van der Waals surface area contributed by atoms with E-state index in [0.717, 1.165) is 36.6 Å². The number of anilines is 1. The van der Waals surface area contributed by atoms with E-state index in [9.17, 15) is 0 Å². The summed E-state index contributed by atoms with van der Waals surface area (Å²) in [5, 5.41) is 7.30. The van der Waals surface area contributed by atoms with E-state index in [0.29, 0.717) is 0 Å². The Bertz CT molecular complexity index is 686. The number of H-pyrrole nitrogens is 1. The van der Waals surface area contributed by atoms with E-state index in [2.05, 4.69) is 39.4 Å². The van der Waals surface area contributed by atoms with E-state index >= 15 is 0 Å². The molecule has 1 heterocycles. The highest BCUT2D eigenvalue weighted by molar-refractivity contribution is 5.39. The number of aromatic nitrogens is 3. The van der Waals surface area contributed by atoms with Crippen LogP contribution in [0.2, 0.25) is 0 Å². The van der Waals surface area contributed by atoms with Gasteiger partial charge in [0, 0.05) is 18.5 Å². The summed E-state index contributed by atoms with van der Waals surface area (Å²) in [6.07, 6.45) is 2.56. The molecule has 1 aromatic heterocycles. The highest BCUT2D eigenvalue weighted by Crippen LogP contribution is 2.10. The van der Waals surface area contributed by atoms with Crippen molar-refractivity contribution in [3.8, 4) is 0 Å². The molecule has 21 heavy (non-hydrogen) atoms. The highest BCUT2D eigenvalue weighted by Gasteiger charge is 2.04. The van der Waals surface area contributed by atoms with E-state index < -0.39 is 0 Å². The maximum absolute atomic E-state index is 5.68. The second-order valence-corrected chi connectivity index (χ2v) is 5.10. The van der Waals surface area contributed by atoms with Crippen molar-refractivity contribution < 1.29 is 0 Å². The van der Waals surface area contributed by atoms with E-state index in [-0.39, 0.29) is 0 Å². The third kappa shape index (κ3) is 3.69. The number of aryl methyl sites for hydroxylation is 2. The summed E-state index contributed by atoms with van der Waals surface area (Å²) in [5.41, 5.74) is 8.94. The summed E-state index contributed by atoms with van der Waals surface area (Å²) in [6, 6.07) is 18.2. The second kappa shape index (κ2) is 6.22. The summed E-state index contributed by atoms with van der Waals surface area (Å²) in [4.78, 5) is 4.55. The molecule has 0 fully saturated rings. The van der Waals surface area contributed by atoms with Gasteiger partial charge < -0.3 is 5.73 Å². The Morgan fingerprint density at radius 1 is 0.857 bits per heavy atom. The minimum atomic E-state index is 0.749. The fourth-order valence-electron chi connectivity index (χ4n) is 2.26. The first-order chi connectivity index (χ1) is 10.3. The largest absolute Gasteiger partial charge is 0.399 e. The van der Waals surface area contributed by atoms with Crippen LogP contribution in [-0.2, 0) is 19.3 Å². The van der Waals surface area contributed by atoms with Gasteiger partial charge >= 0.3 is 0 Å². The van der Waals surface area contributed by atoms with Gasteiger partial charge in [-0.15, -0.1) is 0 Å². The Morgan fingerprint density at radius 2 is 1.62 bits per heavy atom. The fraction of sp³-hybridized carbons (Fsp3) is 0.176. The van der Waals surface area contributed by atoms with E-state index in [1.165, 1.54) is 11.1 Å². The molecule has 0 saturated carbocycles. The lowest BCUT2D eigenvalue weighted by Crippen LogP contribution is -1.94. The van der Waals surface area contributed by atoms with Crippen LogP contribution in [0, 0.1) is 0 Å². The fourth-order valence-corrected chi connectivity index (χ4v) is 2.26. The van der Waals surface area contributed by atoms with Crippen molar-refractivity contribution in [1.29, 1.82) is 0 Å². The minimum absolute atomic E-state index is 0.749. The van der Waals surface area contributed by atoms with Crippen molar-refractivity contribution in [2.24, 2.45) is 0 Å². The Labute approximate surface area is 124 Å². The Balaban J connectivity index is 1.59. The van der Waals surface area contributed by atoms with Gasteiger partial charge in [-0.1, -0.05) is 42.5 Å². The van der Waals surface area contributed by atoms with Crippen LogP contribution in [0.3, 0.4) is 0 Å². The Kier molecular flexibility index (Phi) is 3.96. The first-order valence-corrected chi connectivity index (χ1v) is 7.08. The lowest BCUT2D eigenvalue weighted by atomic mass is 10.1. The van der Waals surface area contributed by atoms with Gasteiger partial charge in [0.15, 0.2) is 5.82 Å². The molecule has 3 rings (SSSR count). The third-order valence-electron chi connectivity index (χ3n) is 3.41. The molecule has 106 valence electrons. The maximum atomic E-state index is 5.68. The molecule has 0 radical (unpaired) electrons. The van der Waals surface area contributed by atoms with Gasteiger partial charge in [0.25, 0.3) is 0 Å². The number of aromatic amines is 1. The van der Waals surface area contributed by atoms with Crippen LogP contribution in [0.1, 0.15) is 22.8 Å². The average molecular weight is 278 g/mol. The lowest BCUT2D eigenvalue weighted by Gasteiger charge is -1.98. The maximum Gasteiger partial charge on any atom is 0.151 e. The number of rotatable bonds is 5. The molecular formula is C17H18N4. The van der Waals surface area contributed by atoms with Gasteiger partial charge in [0.2, 0.25) is 0 Å². The van der Waals surface area contributed by atoms with Gasteiger partial charge in [-0.05, 0) is 29.7 Å². The summed E-state index contributed by atoms with van der Waals surface area (Å²) in [5.74, 6) is 1.76. The number of benzene rings is 2. The van der Waals surface area contributed by atoms with Crippen molar-refractivity contribution in [3.63, 3.8) is 0 Å². The van der Waals surface area contributed by atoms with Gasteiger partial charge in [-0.3, -0.25) is 5.10 Å². The zero-order valence-corrected chi connectivity index (χ0v) is 11.8. The molecule has 0 bridgehead atoms. The molecule has 0 aliphatic rings. The molecule has 0 atom stereocenters. The topological polar surface area (TPSA) is 67.6 Å². The van der Waals surface area contributed by atoms with Crippen LogP contribution in [0.15, 0.2) is 54.6 Å². The number of hydrogen-bond donors (Lipinski definition) is 2. The average Bonchev–Trinajstić information content (AvgIpc) is 2.96. The second-order valence-electron chi connectivity index (χ2n) is 5.10. The van der Waals surface area contributed by atoms with Crippen molar-refractivity contribution in [3.05, 3.63) is 77.4 Å². The minimum Gasteiger partial charge on any atom is -0.399 e. The molecule has 0 spiro atoms. The van der Waals surface area contributed by atoms with Crippen molar-refractivity contribution in [2.75, 3.05) is 5.73 Å². The smallest absolute Gasteiger partial charge is 0.151 e. The Hall–Kier alpha value is -2.62. The van der Waals surface area contributed by atoms with Gasteiger partial charge in [-0.25, -0.2) is 4.98 Å². The summed E-state index contributed by atoms with van der Waals surface area (Å²) in [6.45, 7) is 0. The predicted molar refractivity (Wildman–Crippen MR) is 83.9 cm³/mol. The first-order valence-electron chi connectivity index (χ1n) is 7.08. The normalized spacial score (nSPS) is 10.7. The number of nitrogens with two attached hydrogens (primary N) is 1. The molecule has 0 unspecified atom stereocenters. The van der Waals surface area contributed by atoms with E-state index in [4.69, 9.17) is 5.73 Å². The van der Waals surface area contributed by atoms with Crippen LogP contribution in [0.4, 0.5) is 5.69 Å². The van der Waals surface area contributed by atoms with E-state index in [1.807, 2.05) is 30.3 Å². The van der Waals surface area contributed by atoms with Crippen LogP contribution >= 0.6 is 0 Å². The highest BCUT2D eigenvalue weighted by atomic mass is 15.2. The van der Waals surface area contributed by atoms with Crippen LogP contribution in [0.5, 0.6) is 0 Å². The summed E-state index contributed by atoms with van der Waals surface area (Å²) in [7, 11) is 0. The number of nitrogens with zero attached hydrogens (tertiary/aromatic N) is 2. The van der Waals surface area contributed by atoms with Crippen LogP contribution in [-0.4, -0.2) is 15.2 Å². The standard InChI is InChI=1S/C17H18N4/c18-15-9-6-14(7-10-15)12-17-19-16(20-21-17)11-8-13-4-2-1-3-5-13/h1-7,9-10H,8,11-12,18H2,(H,19,20,21). The van der Waals surface area contributed by atoms with Crippen LogP contribution < -0.4 is 5.73 Å². The number of hydrogen-bond acceptors (Lipinski definition) is 3. The molecular weight excluding hydrogens is 260 g/mol. The van der Waals surface area contributed by atoms with Crippen molar-refractivity contribution in [1.82, 2.24) is 15.2 Å². The summed E-state index contributed by atoms with van der Waals surface area (Å²) >= 11 is 0. The summed E-state index contributed by atoms with van der Waals surface area (Å²) < 4.78 is 0. The molecule has 3 N–H and O–H groups in total. The van der Waals surface area contributed by atoms with Gasteiger partial charge in [0.05, 0.1) is 0 Å². The molecule has 0 amide bonds. The molecule has 4 heteroatoms. The monoisotopic (exact) mass is 278 g/mol. The van der Waals surface area contributed by atoms with Crippen molar-refractivity contribution >= 4 is 5.69 Å². The Morgan fingerprint density at radius 3 is 2.38 bits per heavy atom. The van der Waals surface area contributed by atoms with Crippen LogP contribution in [0.25, 0.3) is 0 Å². The van der Waals surface area contributed by atoms with Crippen molar-refractivity contribution in [2.45, 2.75) is 19.3 Å². The van der Waals surface area contributed by atoms with E-state index in [1.54, 1.807) is 0 Å². The predicted octanol–water partition coefficient (Wildman–Crippen LogP) is 2.76. The number of nitrogen functional groups attached to an aromatic ring is 1. The zero-order valence-electron chi connectivity index (χ0n) is 11.8. The molecule has 0 aliphatic carbocycles. The van der Waals surface area contributed by atoms with Gasteiger partial charge in [-0.2, -0.15) is 5.10 Å². The molecule has 4 nitrogen and oxygen atoms in total. The first kappa shape index (κ1) is 13.4. The lowest BCUT2D eigenvalue weighted by molar-refractivity contribution is 0.865. The molecule has 2 aromatic carbocycles. The zero-order chi connectivity index (χ0) is 14.5. The molecule has 0 aliphatic heterocycles. The number of nitrogens with one attached hydrogen (secondary N) is 1. The third-order valence-corrected chi connectivity index (χ3v) is 3.41. The molecule has 0 saturated heterocycles. The SMILES string of the molecule is Nc1ccc(Cc2nc(CCc3ccccc3)n[nH]2)cc1. The van der Waals surface area contributed by atoms with Gasteiger partial charge in [0.1, 0.15) is 5.82 Å².